The number of nitrogens with one attached hydrogen (secondary N) is 1. The molecule has 0 bridgehead atoms. The molecular weight excluding hydrogens is 395 g/mol. The lowest BCUT2D eigenvalue weighted by molar-refractivity contribution is 0.285. The van der Waals surface area contributed by atoms with Crippen LogP contribution < -0.4 is 4.72 Å². The third-order valence-corrected chi connectivity index (χ3v) is 6.01. The second kappa shape index (κ2) is 5.95. The molecule has 114 valence electrons. The van der Waals surface area contributed by atoms with Gasteiger partial charge in [-0.25, -0.2) is 21.6 Å². The molecule has 0 amide bonds. The summed E-state index contributed by atoms with van der Waals surface area (Å²) in [6, 6.07) is 2.28. The number of hydrogen-bond acceptors (Lipinski definition) is 4. The summed E-state index contributed by atoms with van der Waals surface area (Å²) in [7, 11) is -4.13. The smallest absolute Gasteiger partial charge is 0.263 e. The van der Waals surface area contributed by atoms with Crippen molar-refractivity contribution in [1.82, 2.24) is 0 Å². The van der Waals surface area contributed by atoms with E-state index >= 15 is 0 Å². The highest BCUT2D eigenvalue weighted by Crippen LogP contribution is 2.33. The van der Waals surface area contributed by atoms with Gasteiger partial charge in [-0.05, 0) is 22.0 Å². The second-order valence-electron chi connectivity index (χ2n) is 3.87. The average Bonchev–Trinajstić information content (AvgIpc) is 2.77. The maximum Gasteiger partial charge on any atom is 0.263 e. The number of benzene rings is 1. The monoisotopic (exact) mass is 401 g/mol. The molecule has 0 radical (unpaired) electrons. The minimum absolute atomic E-state index is 0.193. The number of aliphatic hydroxyl groups is 1. The van der Waals surface area contributed by atoms with Crippen LogP contribution in [-0.2, 0) is 16.6 Å². The zero-order valence-electron chi connectivity index (χ0n) is 10.0. The Labute approximate surface area is 130 Å². The second-order valence-corrected chi connectivity index (χ2v) is 7.97. The van der Waals surface area contributed by atoms with E-state index in [0.29, 0.717) is 17.0 Å². The van der Waals surface area contributed by atoms with Gasteiger partial charge < -0.3 is 5.11 Å². The Morgan fingerprint density at radius 2 is 1.76 bits per heavy atom. The van der Waals surface area contributed by atoms with E-state index < -0.39 is 33.2 Å². The summed E-state index contributed by atoms with van der Waals surface area (Å²) in [6.45, 7) is -0.349. The van der Waals surface area contributed by atoms with E-state index in [1.54, 1.807) is 0 Å². The summed E-state index contributed by atoms with van der Waals surface area (Å²) in [5, 5.41) is 8.97. The minimum atomic E-state index is -4.13. The molecule has 21 heavy (non-hydrogen) atoms. The number of thiophene rings is 1. The number of rotatable bonds is 4. The van der Waals surface area contributed by atoms with Crippen LogP contribution >= 0.6 is 27.3 Å². The molecule has 0 aliphatic heterocycles. The van der Waals surface area contributed by atoms with Gasteiger partial charge in [0.2, 0.25) is 0 Å². The number of sulfonamides is 1. The van der Waals surface area contributed by atoms with Crippen molar-refractivity contribution in [3.63, 3.8) is 0 Å². The van der Waals surface area contributed by atoms with Gasteiger partial charge in [-0.15, -0.1) is 11.3 Å². The van der Waals surface area contributed by atoms with Crippen LogP contribution in [0.2, 0.25) is 0 Å². The number of halogens is 4. The van der Waals surface area contributed by atoms with Crippen molar-refractivity contribution in [3.05, 3.63) is 44.3 Å². The normalized spacial score (nSPS) is 11.7. The van der Waals surface area contributed by atoms with Crippen LogP contribution in [-0.4, -0.2) is 13.5 Å². The molecule has 1 aromatic carbocycles. The Morgan fingerprint density at radius 3 is 2.24 bits per heavy atom. The lowest BCUT2D eigenvalue weighted by atomic mass is 10.3. The summed E-state index contributed by atoms with van der Waals surface area (Å²) < 4.78 is 65.3. The van der Waals surface area contributed by atoms with Crippen LogP contribution in [0.1, 0.15) is 4.88 Å². The van der Waals surface area contributed by atoms with Crippen molar-refractivity contribution in [2.45, 2.75) is 11.5 Å². The van der Waals surface area contributed by atoms with Gasteiger partial charge in [-0.2, -0.15) is 0 Å². The molecule has 10 heteroatoms. The highest BCUT2D eigenvalue weighted by Gasteiger charge is 2.22. The van der Waals surface area contributed by atoms with Crippen LogP contribution in [0.5, 0.6) is 0 Å². The highest BCUT2D eigenvalue weighted by molar-refractivity contribution is 9.11. The van der Waals surface area contributed by atoms with Crippen molar-refractivity contribution in [2.24, 2.45) is 0 Å². The van der Waals surface area contributed by atoms with Crippen molar-refractivity contribution in [3.8, 4) is 0 Å². The molecule has 0 aliphatic rings. The first-order valence-corrected chi connectivity index (χ1v) is 8.40. The maximum absolute atomic E-state index is 13.1. The number of hydrogen-bond donors (Lipinski definition) is 2. The highest BCUT2D eigenvalue weighted by atomic mass is 79.9. The molecule has 1 heterocycles. The summed E-state index contributed by atoms with van der Waals surface area (Å²) in [5.74, 6) is -4.70. The van der Waals surface area contributed by atoms with Gasteiger partial charge in [0.1, 0.15) is 4.90 Å². The third kappa shape index (κ3) is 3.39. The molecule has 0 fully saturated rings. The third-order valence-electron chi connectivity index (χ3n) is 2.39. The first kappa shape index (κ1) is 16.3. The van der Waals surface area contributed by atoms with E-state index in [9.17, 15) is 21.6 Å². The Morgan fingerprint density at radius 1 is 1.19 bits per heavy atom. The standard InChI is InChI=1S/C11H7BrF3NO3S2/c12-11-9(3-6(4-17)20-11)21(18,19)16-5-1-7(13)10(15)8(14)2-5/h1-3,16-17H,4H2. The van der Waals surface area contributed by atoms with Gasteiger partial charge in [-0.1, -0.05) is 0 Å². The van der Waals surface area contributed by atoms with E-state index in [-0.39, 0.29) is 15.3 Å². The minimum Gasteiger partial charge on any atom is -0.391 e. The Bertz CT molecular complexity index is 769. The molecule has 0 saturated carbocycles. The van der Waals surface area contributed by atoms with Crippen LogP contribution in [0.3, 0.4) is 0 Å². The van der Waals surface area contributed by atoms with Crippen LogP contribution in [0, 0.1) is 17.5 Å². The van der Waals surface area contributed by atoms with E-state index in [0.717, 1.165) is 11.3 Å². The summed E-state index contributed by atoms with van der Waals surface area (Å²) in [4.78, 5) is 0.195. The van der Waals surface area contributed by atoms with Crippen molar-refractivity contribution < 1.29 is 26.7 Å². The fraction of sp³-hybridized carbons (Fsp3) is 0.0909. The number of anilines is 1. The molecule has 0 aliphatic carbocycles. The zero-order valence-corrected chi connectivity index (χ0v) is 13.3. The lowest BCUT2D eigenvalue weighted by Crippen LogP contribution is -2.13. The van der Waals surface area contributed by atoms with Crippen molar-refractivity contribution in [1.29, 1.82) is 0 Å². The molecule has 0 saturated heterocycles. The van der Waals surface area contributed by atoms with Gasteiger partial charge >= 0.3 is 0 Å². The van der Waals surface area contributed by atoms with Crippen molar-refractivity contribution in [2.75, 3.05) is 4.72 Å². The predicted molar refractivity (Wildman–Crippen MR) is 75.1 cm³/mol. The Kier molecular flexibility index (Phi) is 4.61. The SMILES string of the molecule is O=S(=O)(Nc1cc(F)c(F)c(F)c1)c1cc(CO)sc1Br. The summed E-state index contributed by atoms with van der Waals surface area (Å²) in [6.07, 6.45) is 0. The average molecular weight is 402 g/mol. The van der Waals surface area contributed by atoms with Crippen LogP contribution in [0.15, 0.2) is 26.9 Å². The molecule has 2 rings (SSSR count). The molecule has 4 nitrogen and oxygen atoms in total. The first-order valence-electron chi connectivity index (χ1n) is 5.31. The lowest BCUT2D eigenvalue weighted by Gasteiger charge is -2.08. The Hall–Kier alpha value is -1.10. The molecule has 2 aromatic rings. The fourth-order valence-electron chi connectivity index (χ4n) is 1.48. The Balaban J connectivity index is 2.39. The van der Waals surface area contributed by atoms with Crippen LogP contribution in [0.25, 0.3) is 0 Å². The molecular formula is C11H7BrF3NO3S2. The van der Waals surface area contributed by atoms with E-state index in [1.807, 2.05) is 4.72 Å². The quantitative estimate of drug-likeness (QED) is 0.772. The first-order chi connectivity index (χ1) is 9.74. The summed E-state index contributed by atoms with van der Waals surface area (Å²) in [5.41, 5.74) is -0.449. The topological polar surface area (TPSA) is 66.4 Å². The van der Waals surface area contributed by atoms with Gasteiger partial charge in [0.25, 0.3) is 10.0 Å². The molecule has 2 N–H and O–H groups in total. The molecule has 0 atom stereocenters. The largest absolute Gasteiger partial charge is 0.391 e. The van der Waals surface area contributed by atoms with Gasteiger partial charge in [0, 0.05) is 17.0 Å². The predicted octanol–water partition coefficient (Wildman–Crippen LogP) is 3.22. The van der Waals surface area contributed by atoms with E-state index in [2.05, 4.69) is 15.9 Å². The molecule has 0 unspecified atom stereocenters. The van der Waals surface area contributed by atoms with Gasteiger partial charge in [0.05, 0.1) is 16.1 Å². The zero-order chi connectivity index (χ0) is 15.8. The molecule has 0 spiro atoms. The van der Waals surface area contributed by atoms with Gasteiger partial charge in [-0.3, -0.25) is 4.72 Å². The number of aliphatic hydroxyl groups excluding tert-OH is 1. The van der Waals surface area contributed by atoms with E-state index in [1.165, 1.54) is 6.07 Å². The van der Waals surface area contributed by atoms with Gasteiger partial charge in [0.15, 0.2) is 17.5 Å². The maximum atomic E-state index is 13.1. The fourth-order valence-corrected chi connectivity index (χ4v) is 5.07. The molecule has 1 aromatic heterocycles. The van der Waals surface area contributed by atoms with Crippen molar-refractivity contribution >= 4 is 43.0 Å². The van der Waals surface area contributed by atoms with E-state index in [4.69, 9.17) is 5.11 Å². The van der Waals surface area contributed by atoms with Crippen LogP contribution in [0.4, 0.5) is 18.9 Å². The summed E-state index contributed by atoms with van der Waals surface area (Å²) >= 11 is 4.03.